The van der Waals surface area contributed by atoms with Crippen molar-refractivity contribution in [2.75, 3.05) is 6.61 Å². The summed E-state index contributed by atoms with van der Waals surface area (Å²) in [5, 5.41) is 0. The van der Waals surface area contributed by atoms with E-state index >= 15 is 0 Å². The van der Waals surface area contributed by atoms with E-state index in [2.05, 4.69) is 27.9 Å². The highest BCUT2D eigenvalue weighted by atomic mass is 19.4. The molecule has 1 heterocycles. The third-order valence-electron chi connectivity index (χ3n) is 2.48. The number of halogens is 3. The first kappa shape index (κ1) is 29.7. The summed E-state index contributed by atoms with van der Waals surface area (Å²) in [4.78, 5) is 33.4. The zero-order valence-electron chi connectivity index (χ0n) is 16.2. The maximum atomic E-state index is 12.5. The number of ether oxygens (including phenoxy) is 1. The van der Waals surface area contributed by atoms with Crippen molar-refractivity contribution in [3.63, 3.8) is 0 Å². The van der Waals surface area contributed by atoms with Crippen LogP contribution in [0.25, 0.3) is 5.57 Å². The monoisotopic (exact) mass is 402 g/mol. The molecular weight excluding hydrogens is 377 g/mol. The molecule has 0 saturated carbocycles. The number of nitrogens with zero attached hydrogens (tertiary/aromatic N) is 2. The van der Waals surface area contributed by atoms with Crippen LogP contribution in [0.15, 0.2) is 37.5 Å². The van der Waals surface area contributed by atoms with Gasteiger partial charge < -0.3 is 14.3 Å². The maximum Gasteiger partial charge on any atom is 0.433 e. The van der Waals surface area contributed by atoms with Gasteiger partial charge >= 0.3 is 12.1 Å². The number of aryl methyl sites for hydroxylation is 1. The van der Waals surface area contributed by atoms with Crippen LogP contribution in [0, 0.1) is 6.92 Å². The Morgan fingerprint density at radius 1 is 1.18 bits per heavy atom. The molecule has 28 heavy (non-hydrogen) atoms. The molecule has 0 aromatic carbocycles. The lowest BCUT2D eigenvalue weighted by molar-refractivity contribution is -0.143. The molecule has 0 aliphatic heterocycles. The molecule has 0 aliphatic rings. The van der Waals surface area contributed by atoms with Crippen LogP contribution < -0.4 is 0 Å². The van der Waals surface area contributed by atoms with E-state index < -0.39 is 11.9 Å². The van der Waals surface area contributed by atoms with Crippen molar-refractivity contribution >= 4 is 25.1 Å². The first-order chi connectivity index (χ1) is 13.1. The molecule has 1 rings (SSSR count). The molecule has 156 valence electrons. The summed E-state index contributed by atoms with van der Waals surface area (Å²) in [6.45, 7) is 16.6. The summed E-state index contributed by atoms with van der Waals surface area (Å²) >= 11 is 0. The van der Waals surface area contributed by atoms with Gasteiger partial charge in [-0.1, -0.05) is 38.3 Å². The third kappa shape index (κ3) is 14.1. The highest BCUT2D eigenvalue weighted by Gasteiger charge is 2.33. The number of aromatic nitrogens is 2. The lowest BCUT2D eigenvalue weighted by atomic mass is 10.1. The molecule has 1 aromatic rings. The molecule has 1 aromatic heterocycles. The van der Waals surface area contributed by atoms with Crippen LogP contribution in [0.5, 0.6) is 0 Å². The molecule has 0 radical (unpaired) electrons. The zero-order chi connectivity index (χ0) is 22.8. The summed E-state index contributed by atoms with van der Waals surface area (Å²) in [7, 11) is 0. The summed E-state index contributed by atoms with van der Waals surface area (Å²) < 4.78 is 42.1. The molecule has 0 N–H and O–H groups in total. The molecule has 6 nitrogen and oxygen atoms in total. The molecule has 9 heteroatoms. The van der Waals surface area contributed by atoms with Gasteiger partial charge in [0.25, 0.3) is 0 Å². The van der Waals surface area contributed by atoms with Crippen molar-refractivity contribution in [3.05, 3.63) is 54.7 Å². The zero-order valence-corrected chi connectivity index (χ0v) is 16.2. The largest absolute Gasteiger partial charge is 0.466 e. The lowest BCUT2D eigenvalue weighted by Crippen LogP contribution is -2.10. The number of esters is 1. The van der Waals surface area contributed by atoms with Crippen molar-refractivity contribution in [1.29, 1.82) is 0 Å². The van der Waals surface area contributed by atoms with Gasteiger partial charge in [-0.25, -0.2) is 9.97 Å². The Kier molecular flexibility index (Phi) is 18.3. The second kappa shape index (κ2) is 17.3. The van der Waals surface area contributed by atoms with E-state index in [1.807, 2.05) is 13.6 Å². The lowest BCUT2D eigenvalue weighted by Gasteiger charge is -2.08. The van der Waals surface area contributed by atoms with Crippen molar-refractivity contribution in [2.24, 2.45) is 0 Å². The van der Waals surface area contributed by atoms with Crippen LogP contribution in [-0.2, 0) is 25.3 Å². The minimum Gasteiger partial charge on any atom is -0.466 e. The van der Waals surface area contributed by atoms with E-state index in [0.717, 1.165) is 6.07 Å². The molecule has 0 fully saturated rings. The Hall–Kier alpha value is -3.10. The van der Waals surface area contributed by atoms with E-state index in [-0.39, 0.29) is 17.5 Å². The Labute approximate surface area is 162 Å². The van der Waals surface area contributed by atoms with Gasteiger partial charge in [0.15, 0.2) is 0 Å². The van der Waals surface area contributed by atoms with Crippen LogP contribution in [0.3, 0.4) is 0 Å². The fourth-order valence-electron chi connectivity index (χ4n) is 1.41. The third-order valence-corrected chi connectivity index (χ3v) is 2.48. The van der Waals surface area contributed by atoms with Crippen molar-refractivity contribution in [3.8, 4) is 0 Å². The Morgan fingerprint density at radius 2 is 1.71 bits per heavy atom. The molecular formula is C19H25F3N2O4. The second-order valence-corrected chi connectivity index (χ2v) is 4.46. The van der Waals surface area contributed by atoms with Crippen molar-refractivity contribution in [1.82, 2.24) is 9.97 Å². The Bertz CT molecular complexity index is 643. The van der Waals surface area contributed by atoms with Gasteiger partial charge in [0, 0.05) is 6.42 Å². The van der Waals surface area contributed by atoms with Crippen LogP contribution in [0.1, 0.15) is 37.5 Å². The number of carbonyl (C=O) groups is 3. The average Bonchev–Trinajstić information content (AvgIpc) is 2.68. The van der Waals surface area contributed by atoms with E-state index in [0.29, 0.717) is 18.6 Å². The average molecular weight is 402 g/mol. The number of allylic oxidation sites excluding steroid dienone is 4. The highest BCUT2D eigenvalue weighted by molar-refractivity contribution is 5.70. The van der Waals surface area contributed by atoms with Gasteiger partial charge in [0.1, 0.15) is 25.1 Å². The van der Waals surface area contributed by atoms with Crippen LogP contribution in [0.2, 0.25) is 0 Å². The molecule has 0 saturated heterocycles. The van der Waals surface area contributed by atoms with E-state index in [4.69, 9.17) is 9.59 Å². The maximum absolute atomic E-state index is 12.5. The summed E-state index contributed by atoms with van der Waals surface area (Å²) in [6.07, 6.45) is 0.616. The van der Waals surface area contributed by atoms with Gasteiger partial charge in [-0.3, -0.25) is 4.79 Å². The number of rotatable bonds is 5. The number of alkyl halides is 3. The predicted octanol–water partition coefficient (Wildman–Crippen LogP) is 4.15. The summed E-state index contributed by atoms with van der Waals surface area (Å²) in [6, 6.07) is 0.878. The van der Waals surface area contributed by atoms with Crippen molar-refractivity contribution in [2.45, 2.75) is 33.4 Å². The van der Waals surface area contributed by atoms with Crippen LogP contribution in [-0.4, -0.2) is 36.1 Å². The smallest absolute Gasteiger partial charge is 0.433 e. The SMILES string of the molecule is C=C/C=C\C(=C)c1cc(C(F)(F)F)nc(C)n1.C=O.C=O.CCOC(=O)CC. The minimum absolute atomic E-state index is 0.0583. The normalized spacial score (nSPS) is 9.50. The molecule has 0 spiro atoms. The summed E-state index contributed by atoms with van der Waals surface area (Å²) in [5.74, 6) is -0.0644. The molecule has 0 bridgehead atoms. The molecule has 0 aliphatic carbocycles. The minimum atomic E-state index is -4.48. The van der Waals surface area contributed by atoms with Gasteiger partial charge in [0.2, 0.25) is 0 Å². The van der Waals surface area contributed by atoms with Gasteiger partial charge in [-0.2, -0.15) is 13.2 Å². The van der Waals surface area contributed by atoms with Gasteiger partial charge in [0.05, 0.1) is 12.3 Å². The molecule has 0 unspecified atom stereocenters. The highest BCUT2D eigenvalue weighted by Crippen LogP contribution is 2.29. The van der Waals surface area contributed by atoms with E-state index in [1.54, 1.807) is 19.9 Å². The van der Waals surface area contributed by atoms with Crippen LogP contribution in [0.4, 0.5) is 13.2 Å². The number of hydrogen-bond donors (Lipinski definition) is 0. The predicted molar refractivity (Wildman–Crippen MR) is 101 cm³/mol. The van der Waals surface area contributed by atoms with Crippen molar-refractivity contribution < 1.29 is 32.3 Å². The fourth-order valence-corrected chi connectivity index (χ4v) is 1.41. The molecule has 0 amide bonds. The topological polar surface area (TPSA) is 86.2 Å². The fraction of sp³-hybridized carbons (Fsp3) is 0.316. The first-order valence-electron chi connectivity index (χ1n) is 7.80. The van der Waals surface area contributed by atoms with Gasteiger partial charge in [-0.05, 0) is 25.5 Å². The van der Waals surface area contributed by atoms with E-state index in [1.165, 1.54) is 19.1 Å². The van der Waals surface area contributed by atoms with Crippen LogP contribution >= 0.6 is 0 Å². The Morgan fingerprint density at radius 3 is 2.07 bits per heavy atom. The quantitative estimate of drug-likeness (QED) is 0.543. The van der Waals surface area contributed by atoms with Gasteiger partial charge in [-0.15, -0.1) is 0 Å². The second-order valence-electron chi connectivity index (χ2n) is 4.46. The number of carbonyl (C=O) groups excluding carboxylic acids is 3. The Balaban J connectivity index is -0.000000477. The first-order valence-corrected chi connectivity index (χ1v) is 7.80. The standard InChI is InChI=1S/C12H11F3N2.C5H10O2.2CH2O/c1-4-5-6-8(2)10-7-11(12(13,14)15)17-9(3)16-10;1-3-5(6)7-4-2;2*1-2/h4-7H,1-2H2,3H3;3-4H2,1-2H3;2*1H2/b6-5-;;;. The number of hydrogen-bond acceptors (Lipinski definition) is 6. The van der Waals surface area contributed by atoms with E-state index in [9.17, 15) is 18.0 Å². The molecule has 0 atom stereocenters. The summed E-state index contributed by atoms with van der Waals surface area (Å²) in [5.41, 5.74) is -0.433.